The van der Waals surface area contributed by atoms with Gasteiger partial charge in [-0.25, -0.2) is 8.42 Å². The standard InChI is InChI=1S/C18H23NO3S/c1-17(2)14-7-9-18(17,16(20)11-14)12-23(21,22)19-10-8-13-5-3-4-6-15(13)19/h3-6,14H,7-12H2,1-2H3/t14-,18+/m0/s1. The Morgan fingerprint density at radius 1 is 1.26 bits per heavy atom. The molecule has 0 N–H and O–H groups in total. The highest BCUT2D eigenvalue weighted by atomic mass is 32.2. The first kappa shape index (κ1) is 15.2. The summed E-state index contributed by atoms with van der Waals surface area (Å²) in [4.78, 5) is 12.6. The summed E-state index contributed by atoms with van der Waals surface area (Å²) in [6.07, 6.45) is 3.00. The predicted molar refractivity (Wildman–Crippen MR) is 89.8 cm³/mol. The monoisotopic (exact) mass is 333 g/mol. The van der Waals surface area contributed by atoms with E-state index in [9.17, 15) is 13.2 Å². The highest BCUT2D eigenvalue weighted by Gasteiger charge is 2.65. The van der Waals surface area contributed by atoms with Gasteiger partial charge in [0, 0.05) is 13.0 Å². The molecule has 23 heavy (non-hydrogen) atoms. The zero-order valence-corrected chi connectivity index (χ0v) is 14.5. The number of nitrogens with zero attached hydrogens (tertiary/aromatic N) is 1. The van der Waals surface area contributed by atoms with Crippen molar-refractivity contribution in [3.63, 3.8) is 0 Å². The molecule has 2 atom stereocenters. The van der Waals surface area contributed by atoms with E-state index in [-0.39, 0.29) is 17.0 Å². The molecular weight excluding hydrogens is 310 g/mol. The maximum Gasteiger partial charge on any atom is 0.236 e. The molecule has 2 bridgehead atoms. The Balaban J connectivity index is 1.71. The molecule has 3 aliphatic rings. The number of ketones is 1. The lowest BCUT2D eigenvalue weighted by atomic mass is 9.70. The van der Waals surface area contributed by atoms with Crippen molar-refractivity contribution in [3.05, 3.63) is 29.8 Å². The summed E-state index contributed by atoms with van der Waals surface area (Å²) in [7, 11) is -3.49. The van der Waals surface area contributed by atoms with Crippen molar-refractivity contribution >= 4 is 21.5 Å². The topological polar surface area (TPSA) is 54.5 Å². The number of hydrogen-bond donors (Lipinski definition) is 0. The van der Waals surface area contributed by atoms with Crippen LogP contribution in [0.5, 0.6) is 0 Å². The van der Waals surface area contributed by atoms with Crippen LogP contribution in [0.15, 0.2) is 24.3 Å². The Kier molecular flexibility index (Phi) is 3.03. The largest absolute Gasteiger partial charge is 0.299 e. The fraction of sp³-hybridized carbons (Fsp3) is 0.611. The maximum absolute atomic E-state index is 13.1. The fourth-order valence-corrected chi connectivity index (χ4v) is 7.40. The van der Waals surface area contributed by atoms with Crippen LogP contribution < -0.4 is 4.31 Å². The Labute approximate surface area is 137 Å². The van der Waals surface area contributed by atoms with E-state index in [0.717, 1.165) is 30.5 Å². The maximum atomic E-state index is 13.1. The average molecular weight is 333 g/mol. The van der Waals surface area contributed by atoms with Crippen LogP contribution in [0.1, 0.15) is 38.7 Å². The van der Waals surface area contributed by atoms with Gasteiger partial charge in [0.25, 0.3) is 0 Å². The molecule has 0 radical (unpaired) electrons. The second kappa shape index (κ2) is 4.59. The lowest BCUT2D eigenvalue weighted by molar-refractivity contribution is -0.128. The van der Waals surface area contributed by atoms with Crippen LogP contribution >= 0.6 is 0 Å². The van der Waals surface area contributed by atoms with E-state index in [4.69, 9.17) is 0 Å². The summed E-state index contributed by atoms with van der Waals surface area (Å²) in [6.45, 7) is 4.67. The van der Waals surface area contributed by atoms with E-state index in [1.807, 2.05) is 24.3 Å². The van der Waals surface area contributed by atoms with Crippen LogP contribution in [0.3, 0.4) is 0 Å². The second-order valence-electron chi connectivity index (χ2n) is 7.87. The third kappa shape index (κ3) is 1.89. The lowest BCUT2D eigenvalue weighted by Gasteiger charge is -2.37. The van der Waals surface area contributed by atoms with E-state index in [1.54, 1.807) is 0 Å². The minimum Gasteiger partial charge on any atom is -0.299 e. The number of rotatable bonds is 3. The zero-order chi connectivity index (χ0) is 16.5. The Bertz CT molecular complexity index is 783. The molecule has 1 aromatic carbocycles. The van der Waals surface area contributed by atoms with Crippen molar-refractivity contribution in [2.45, 2.75) is 39.5 Å². The summed E-state index contributed by atoms with van der Waals surface area (Å²) in [5, 5.41) is 0. The molecule has 2 saturated carbocycles. The van der Waals surface area contributed by atoms with Gasteiger partial charge in [-0.15, -0.1) is 0 Å². The van der Waals surface area contributed by atoms with Gasteiger partial charge in [0.2, 0.25) is 10.0 Å². The first-order chi connectivity index (χ1) is 10.8. The van der Waals surface area contributed by atoms with Gasteiger partial charge in [0.05, 0.1) is 16.9 Å². The van der Waals surface area contributed by atoms with Crippen molar-refractivity contribution in [2.24, 2.45) is 16.7 Å². The molecule has 4 rings (SSSR count). The highest BCUT2D eigenvalue weighted by molar-refractivity contribution is 7.92. The molecule has 124 valence electrons. The average Bonchev–Trinajstić information content (AvgIpc) is 3.07. The molecule has 0 unspecified atom stereocenters. The van der Waals surface area contributed by atoms with Gasteiger partial charge in [-0.05, 0) is 42.2 Å². The molecule has 0 spiro atoms. The van der Waals surface area contributed by atoms with Crippen LogP contribution in [0.2, 0.25) is 0 Å². The van der Waals surface area contributed by atoms with Crippen molar-refractivity contribution in [1.29, 1.82) is 0 Å². The van der Waals surface area contributed by atoms with Crippen molar-refractivity contribution in [2.75, 3.05) is 16.6 Å². The molecule has 4 nitrogen and oxygen atoms in total. The van der Waals surface area contributed by atoms with Gasteiger partial charge in [-0.3, -0.25) is 9.10 Å². The van der Waals surface area contributed by atoms with E-state index < -0.39 is 15.4 Å². The summed E-state index contributed by atoms with van der Waals surface area (Å²) in [6, 6.07) is 7.68. The molecule has 0 aromatic heterocycles. The van der Waals surface area contributed by atoms with Gasteiger partial charge in [-0.1, -0.05) is 32.0 Å². The van der Waals surface area contributed by atoms with Crippen molar-refractivity contribution in [1.82, 2.24) is 0 Å². The molecule has 1 aromatic rings. The normalized spacial score (nSPS) is 31.7. The minimum absolute atomic E-state index is 0.0311. The van der Waals surface area contributed by atoms with E-state index in [1.165, 1.54) is 4.31 Å². The first-order valence-corrected chi connectivity index (χ1v) is 10.0. The quantitative estimate of drug-likeness (QED) is 0.855. The summed E-state index contributed by atoms with van der Waals surface area (Å²) in [5.74, 6) is 0.474. The number of Topliss-reactive ketones (excluding diaryl/α,β-unsaturated/α-hetero) is 1. The number of carbonyl (C=O) groups excluding carboxylic acids is 1. The van der Waals surface area contributed by atoms with E-state index >= 15 is 0 Å². The van der Waals surface area contributed by atoms with E-state index in [0.29, 0.717) is 18.9 Å². The Morgan fingerprint density at radius 2 is 2.00 bits per heavy atom. The van der Waals surface area contributed by atoms with Crippen molar-refractivity contribution < 1.29 is 13.2 Å². The number of anilines is 1. The lowest BCUT2D eigenvalue weighted by Crippen LogP contribution is -2.46. The minimum atomic E-state index is -3.49. The summed E-state index contributed by atoms with van der Waals surface area (Å²) in [5.41, 5.74) is 0.973. The van der Waals surface area contributed by atoms with Crippen LogP contribution in [-0.4, -0.2) is 26.5 Å². The van der Waals surface area contributed by atoms with Gasteiger partial charge < -0.3 is 0 Å². The van der Waals surface area contributed by atoms with Crippen molar-refractivity contribution in [3.8, 4) is 0 Å². The first-order valence-electron chi connectivity index (χ1n) is 8.40. The number of fused-ring (bicyclic) bond motifs is 3. The third-order valence-corrected chi connectivity index (χ3v) is 8.66. The van der Waals surface area contributed by atoms with Gasteiger partial charge in [-0.2, -0.15) is 0 Å². The molecule has 0 saturated heterocycles. The molecule has 1 aliphatic heterocycles. The summed E-state index contributed by atoms with van der Waals surface area (Å²) >= 11 is 0. The van der Waals surface area contributed by atoms with Gasteiger partial charge in [0.1, 0.15) is 5.78 Å². The molecule has 1 heterocycles. The molecule has 2 fully saturated rings. The number of sulfonamides is 1. The fourth-order valence-electron chi connectivity index (χ4n) is 5.09. The smallest absolute Gasteiger partial charge is 0.236 e. The molecular formula is C18H23NO3S. The Hall–Kier alpha value is -1.36. The van der Waals surface area contributed by atoms with Gasteiger partial charge >= 0.3 is 0 Å². The van der Waals surface area contributed by atoms with E-state index in [2.05, 4.69) is 13.8 Å². The third-order valence-electron chi connectivity index (χ3n) is 6.75. The number of benzene rings is 1. The molecule has 2 aliphatic carbocycles. The predicted octanol–water partition coefficient (Wildman–Crippen LogP) is 2.77. The number of para-hydroxylation sites is 1. The highest BCUT2D eigenvalue weighted by Crippen LogP contribution is 2.64. The van der Waals surface area contributed by atoms with Gasteiger partial charge in [0.15, 0.2) is 0 Å². The van der Waals surface area contributed by atoms with Crippen LogP contribution in [-0.2, 0) is 21.2 Å². The number of carbonyl (C=O) groups is 1. The SMILES string of the molecule is CC1(C)[C@H]2CC[C@@]1(CS(=O)(=O)N1CCc3ccccc31)C(=O)C2. The van der Waals surface area contributed by atoms with Crippen LogP contribution in [0.25, 0.3) is 0 Å². The Morgan fingerprint density at radius 3 is 2.65 bits per heavy atom. The number of hydrogen-bond acceptors (Lipinski definition) is 3. The molecule has 5 heteroatoms. The van der Waals surface area contributed by atoms with Crippen LogP contribution in [0, 0.1) is 16.7 Å². The summed E-state index contributed by atoms with van der Waals surface area (Å²) < 4.78 is 27.8. The second-order valence-corrected chi connectivity index (χ2v) is 9.77. The zero-order valence-electron chi connectivity index (χ0n) is 13.7. The molecule has 0 amide bonds. The van der Waals surface area contributed by atoms with Crippen LogP contribution in [0.4, 0.5) is 5.69 Å².